The fourth-order valence-corrected chi connectivity index (χ4v) is 8.35. The number of amides is 7. The minimum absolute atomic E-state index is 0.00785. The Balaban J connectivity index is 0.000000303. The van der Waals surface area contributed by atoms with Crippen molar-refractivity contribution in [1.29, 1.82) is 0 Å². The average molecular weight is 1160 g/mol. The van der Waals surface area contributed by atoms with Crippen LogP contribution in [0.25, 0.3) is 0 Å². The van der Waals surface area contributed by atoms with Crippen molar-refractivity contribution in [3.63, 3.8) is 0 Å². The number of hydrogen-bond donors (Lipinski definition) is 9. The quantitative estimate of drug-likeness (QED) is 0.0693. The van der Waals surface area contributed by atoms with Crippen molar-refractivity contribution in [2.24, 2.45) is 5.73 Å². The Morgan fingerprint density at radius 2 is 0.928 bits per heavy atom. The van der Waals surface area contributed by atoms with Gasteiger partial charge < -0.3 is 76.6 Å². The van der Waals surface area contributed by atoms with Crippen molar-refractivity contribution in [3.05, 3.63) is 108 Å². The van der Waals surface area contributed by atoms with E-state index in [9.17, 15) is 57.8 Å². The molecule has 6 atom stereocenters. The molecule has 7 amide bonds. The maximum absolute atomic E-state index is 12.7. The van der Waals surface area contributed by atoms with Crippen molar-refractivity contribution in [3.8, 4) is 0 Å². The number of hydrogen-bond acceptors (Lipinski definition) is 17. The zero-order valence-electron chi connectivity index (χ0n) is 48.1. The van der Waals surface area contributed by atoms with Gasteiger partial charge in [-0.3, -0.25) is 33.6 Å². The Bertz CT molecular complexity index is 2650. The van der Waals surface area contributed by atoms with Gasteiger partial charge in [-0.2, -0.15) is 0 Å². The molecule has 0 aromatic heterocycles. The molecule has 26 heteroatoms. The van der Waals surface area contributed by atoms with Gasteiger partial charge in [0.15, 0.2) is 0 Å². The monoisotopic (exact) mass is 1160 g/mol. The maximum Gasteiger partial charge on any atom is 0.407 e. The predicted molar refractivity (Wildman–Crippen MR) is 300 cm³/mol. The number of carboxylic acid groups (broad SMARTS) is 2. The van der Waals surface area contributed by atoms with Crippen LogP contribution in [0.5, 0.6) is 0 Å². The van der Waals surface area contributed by atoms with Crippen LogP contribution in [0, 0.1) is 0 Å². The Morgan fingerprint density at radius 3 is 1.31 bits per heavy atom. The summed E-state index contributed by atoms with van der Waals surface area (Å²) >= 11 is 0. The second-order valence-electron chi connectivity index (χ2n) is 21.1. The third-order valence-corrected chi connectivity index (χ3v) is 12.1. The van der Waals surface area contributed by atoms with Crippen LogP contribution >= 0.6 is 0 Å². The van der Waals surface area contributed by atoms with Crippen LogP contribution in [-0.2, 0) is 47.7 Å². The highest BCUT2D eigenvalue weighted by Crippen LogP contribution is 2.22. The molecule has 3 aromatic carbocycles. The minimum atomic E-state index is -1.07. The number of carbonyl (C=O) groups is 11. The van der Waals surface area contributed by atoms with Gasteiger partial charge >= 0.3 is 36.1 Å². The van der Waals surface area contributed by atoms with Gasteiger partial charge in [0.05, 0.1) is 20.6 Å². The van der Waals surface area contributed by atoms with Crippen LogP contribution in [0.1, 0.15) is 111 Å². The first-order valence-corrected chi connectivity index (χ1v) is 26.8. The van der Waals surface area contributed by atoms with E-state index in [4.69, 9.17) is 25.1 Å². The van der Waals surface area contributed by atoms with Gasteiger partial charge in [0.1, 0.15) is 29.3 Å². The Morgan fingerprint density at radius 1 is 0.542 bits per heavy atom. The van der Waals surface area contributed by atoms with Gasteiger partial charge in [0.2, 0.25) is 11.8 Å². The molecule has 26 nitrogen and oxygen atoms in total. The van der Waals surface area contributed by atoms with Crippen LogP contribution in [0.2, 0.25) is 0 Å². The average Bonchev–Trinajstić information content (AvgIpc) is 4.44. The number of likely N-dealkylation sites (tertiary alicyclic amines) is 2. The number of nitrogens with two attached hydrogens (primary N) is 1. The molecular weight excluding hydrogens is 1080 g/mol. The summed E-state index contributed by atoms with van der Waals surface area (Å²) in [6.45, 7) is 11.7. The first-order valence-electron chi connectivity index (χ1n) is 26.8. The summed E-state index contributed by atoms with van der Waals surface area (Å²) in [7, 11) is 2.62. The summed E-state index contributed by atoms with van der Waals surface area (Å²) < 4.78 is 19.5. The van der Waals surface area contributed by atoms with E-state index in [-0.39, 0.29) is 125 Å². The van der Waals surface area contributed by atoms with E-state index in [0.717, 1.165) is 0 Å². The summed E-state index contributed by atoms with van der Waals surface area (Å²) in [6.07, 6.45) is -0.191. The van der Waals surface area contributed by atoms with E-state index in [2.05, 4.69) is 36.6 Å². The minimum Gasteiger partial charge on any atom is -0.481 e. The largest absolute Gasteiger partial charge is 0.481 e. The molecule has 3 heterocycles. The molecule has 3 fully saturated rings. The maximum atomic E-state index is 12.7. The van der Waals surface area contributed by atoms with Gasteiger partial charge in [0, 0.05) is 99.8 Å². The molecule has 3 aliphatic heterocycles. The highest BCUT2D eigenvalue weighted by atomic mass is 16.6. The van der Waals surface area contributed by atoms with Crippen molar-refractivity contribution >= 4 is 65.6 Å². The molecule has 0 spiro atoms. The fourth-order valence-electron chi connectivity index (χ4n) is 8.35. The van der Waals surface area contributed by atoms with Crippen molar-refractivity contribution in [1.82, 2.24) is 41.7 Å². The first-order chi connectivity index (χ1) is 39.1. The van der Waals surface area contributed by atoms with Crippen molar-refractivity contribution in [2.75, 3.05) is 53.5 Å². The van der Waals surface area contributed by atoms with Crippen LogP contribution in [-0.4, -0.2) is 187 Å². The standard InChI is InChI=1S/C21H29N3O6.C15H19N3O4.C13H16N2O3.C8H15NO4/c1-21(2,3)30-20(28)22-11-10-17(25)24-13-15(12-16(24)19(27)29-4)23-18(26)14-8-6-5-7-9-14;16-7-6-13(19)18-9-11(8-12(18)15(21)22)17-14(20)10-4-2-1-3-5-10;1-18-13(17)11-7-10(8-14-11)15-12(16)9-5-3-2-4-6-9;1-8(2,3)13-7(12)9-5-4-6(10)11/h5-9,15-16H,10-13H2,1-4H3,(H,22,28)(H,23,26);1-5,11-12H,6-9,16H2,(H,17,20)(H,21,22);2-6,10-11,14H,7-8H2,1H3,(H,15,16);4-5H2,1-3H3,(H,9,12)(H,10,11)/t15-,16+;11-,12+;10-,11+;/m111./s1. The highest BCUT2D eigenvalue weighted by Gasteiger charge is 2.42. The van der Waals surface area contributed by atoms with Gasteiger partial charge in [-0.1, -0.05) is 54.6 Å². The van der Waals surface area contributed by atoms with Crippen LogP contribution in [0.15, 0.2) is 91.0 Å². The zero-order chi connectivity index (χ0) is 61.9. The molecule has 0 aliphatic carbocycles. The topological polar surface area (TPSA) is 370 Å². The predicted octanol–water partition coefficient (Wildman–Crippen LogP) is 2.60. The smallest absolute Gasteiger partial charge is 0.407 e. The summed E-state index contributed by atoms with van der Waals surface area (Å²) in [5.41, 5.74) is 5.78. The lowest BCUT2D eigenvalue weighted by Gasteiger charge is -2.23. The summed E-state index contributed by atoms with van der Waals surface area (Å²) in [6, 6.07) is 23.6. The SMILES string of the molecule is CC(C)(C)OC(=O)NCCC(=O)O.COC(=O)[C@@H]1C[C@@H](NC(=O)c2ccccc2)CN1.COC(=O)[C@@H]1C[C@@H](NC(=O)c2ccccc2)CN1C(=O)CCNC(=O)OC(C)(C)C.NCCC(=O)N1C[C@H](NC(=O)c2ccccc2)C[C@H]1C(=O)O. The number of ether oxygens (including phenoxy) is 4. The van der Waals surface area contributed by atoms with Crippen LogP contribution in [0.3, 0.4) is 0 Å². The number of rotatable bonds is 17. The molecule has 0 saturated carbocycles. The number of benzene rings is 3. The highest BCUT2D eigenvalue weighted by molar-refractivity contribution is 5.96. The molecule has 3 aromatic rings. The molecule has 6 rings (SSSR count). The van der Waals surface area contributed by atoms with E-state index in [1.165, 1.54) is 24.0 Å². The van der Waals surface area contributed by atoms with Crippen LogP contribution in [0.4, 0.5) is 9.59 Å². The number of nitrogens with zero attached hydrogens (tertiary/aromatic N) is 2. The number of aliphatic carboxylic acids is 2. The Labute approximate surface area is 482 Å². The molecule has 0 bridgehead atoms. The second-order valence-corrected chi connectivity index (χ2v) is 21.1. The summed E-state index contributed by atoms with van der Waals surface area (Å²) in [4.78, 5) is 131. The Kier molecular flexibility index (Phi) is 28.1. The van der Waals surface area contributed by atoms with Gasteiger partial charge in [0.25, 0.3) is 17.7 Å². The lowest BCUT2D eigenvalue weighted by atomic mass is 10.1. The third kappa shape index (κ3) is 25.4. The van der Waals surface area contributed by atoms with Gasteiger partial charge in [-0.15, -0.1) is 0 Å². The van der Waals surface area contributed by atoms with E-state index in [1.807, 2.05) is 24.3 Å². The summed E-state index contributed by atoms with van der Waals surface area (Å²) in [5, 5.41) is 33.9. The second kappa shape index (κ2) is 33.9. The van der Waals surface area contributed by atoms with Crippen molar-refractivity contribution in [2.45, 2.75) is 128 Å². The Hall–Kier alpha value is -8.65. The lowest BCUT2D eigenvalue weighted by Crippen LogP contribution is -2.43. The summed E-state index contributed by atoms with van der Waals surface area (Å²) in [5.74, 6) is -4.13. The molecule has 454 valence electrons. The zero-order valence-corrected chi connectivity index (χ0v) is 48.1. The number of methoxy groups -OCH3 is 2. The molecule has 0 unspecified atom stereocenters. The molecule has 10 N–H and O–H groups in total. The van der Waals surface area contributed by atoms with E-state index in [0.29, 0.717) is 29.7 Å². The molecule has 3 aliphatic rings. The normalized spacial score (nSPS) is 18.7. The first kappa shape index (κ1) is 68.6. The molecule has 3 saturated heterocycles. The number of esters is 2. The number of carbonyl (C=O) groups excluding carboxylic acids is 9. The fraction of sp³-hybridized carbons (Fsp3) is 0.491. The van der Waals surface area contributed by atoms with Crippen LogP contribution < -0.4 is 37.6 Å². The van der Waals surface area contributed by atoms with Gasteiger partial charge in [-0.05, 0) is 84.4 Å². The molecule has 83 heavy (non-hydrogen) atoms. The van der Waals surface area contributed by atoms with Gasteiger partial charge in [-0.25, -0.2) is 19.2 Å². The van der Waals surface area contributed by atoms with E-state index < -0.39 is 53.4 Å². The number of alkyl carbamates (subject to hydrolysis) is 2. The van der Waals surface area contributed by atoms with E-state index in [1.54, 1.807) is 108 Å². The molecule has 0 radical (unpaired) electrons. The lowest BCUT2D eigenvalue weighted by molar-refractivity contribution is -0.150. The number of carboxylic acids is 2. The molecular formula is C57H79N9O17. The van der Waals surface area contributed by atoms with E-state index >= 15 is 0 Å². The third-order valence-electron chi connectivity index (χ3n) is 12.1. The van der Waals surface area contributed by atoms with Crippen molar-refractivity contribution < 1.29 is 81.9 Å². The number of nitrogens with one attached hydrogen (secondary N) is 6.